The van der Waals surface area contributed by atoms with Crippen molar-refractivity contribution < 1.29 is 12.9 Å². The maximum absolute atomic E-state index is 12.2. The van der Waals surface area contributed by atoms with Crippen LogP contribution in [0.3, 0.4) is 0 Å². The molecule has 1 aliphatic heterocycles. The zero-order valence-corrected chi connectivity index (χ0v) is 7.98. The standard InChI is InChI=1S/C8H16BF3N/c1-2-8-5-3-4-6-13(8)7-9(10,11)12/h8H,2-7H2,1H3/q-1. The summed E-state index contributed by atoms with van der Waals surface area (Å²) in [5.74, 6) is 0. The van der Waals surface area contributed by atoms with Gasteiger partial charge in [0.25, 0.3) is 0 Å². The van der Waals surface area contributed by atoms with Gasteiger partial charge >= 0.3 is 6.98 Å². The third-order valence-electron chi connectivity index (χ3n) is 2.66. The molecule has 78 valence electrons. The van der Waals surface area contributed by atoms with Crippen LogP contribution >= 0.6 is 0 Å². The zero-order valence-electron chi connectivity index (χ0n) is 7.98. The van der Waals surface area contributed by atoms with Crippen molar-refractivity contribution in [2.24, 2.45) is 0 Å². The van der Waals surface area contributed by atoms with Crippen LogP contribution in [0.5, 0.6) is 0 Å². The minimum atomic E-state index is -4.64. The van der Waals surface area contributed by atoms with E-state index >= 15 is 0 Å². The SMILES string of the molecule is CCC1CCCCN1C[B-](F)(F)F. The van der Waals surface area contributed by atoms with Gasteiger partial charge < -0.3 is 17.8 Å². The van der Waals surface area contributed by atoms with Crippen LogP contribution in [0.4, 0.5) is 12.9 Å². The predicted octanol–water partition coefficient (Wildman–Crippen LogP) is 2.64. The first-order valence-electron chi connectivity index (χ1n) is 4.98. The molecule has 0 aromatic rings. The Balaban J connectivity index is 2.45. The first-order valence-corrected chi connectivity index (χ1v) is 4.98. The molecule has 1 heterocycles. The molecule has 1 saturated heterocycles. The highest BCUT2D eigenvalue weighted by atomic mass is 19.4. The Morgan fingerprint density at radius 3 is 2.54 bits per heavy atom. The van der Waals surface area contributed by atoms with Gasteiger partial charge in [-0.1, -0.05) is 13.3 Å². The number of hydrogen-bond donors (Lipinski definition) is 0. The molecular weight excluding hydrogens is 178 g/mol. The van der Waals surface area contributed by atoms with Crippen LogP contribution in [-0.2, 0) is 0 Å². The van der Waals surface area contributed by atoms with Crippen molar-refractivity contribution in [1.29, 1.82) is 0 Å². The Hall–Kier alpha value is -0.185. The summed E-state index contributed by atoms with van der Waals surface area (Å²) in [7, 11) is 0. The highest BCUT2D eigenvalue weighted by Crippen LogP contribution is 2.22. The fourth-order valence-corrected chi connectivity index (χ4v) is 2.03. The van der Waals surface area contributed by atoms with E-state index in [1.54, 1.807) is 4.90 Å². The van der Waals surface area contributed by atoms with Gasteiger partial charge in [0.1, 0.15) is 0 Å². The topological polar surface area (TPSA) is 3.24 Å². The fraction of sp³-hybridized carbons (Fsp3) is 1.00. The van der Waals surface area contributed by atoms with Gasteiger partial charge in [-0.25, -0.2) is 0 Å². The summed E-state index contributed by atoms with van der Waals surface area (Å²) in [6, 6.07) is 0.164. The molecule has 1 aliphatic rings. The monoisotopic (exact) mass is 194 g/mol. The van der Waals surface area contributed by atoms with Crippen LogP contribution in [0.1, 0.15) is 32.6 Å². The van der Waals surface area contributed by atoms with Crippen molar-refractivity contribution >= 4 is 6.98 Å². The quantitative estimate of drug-likeness (QED) is 0.624. The van der Waals surface area contributed by atoms with Crippen LogP contribution in [0.15, 0.2) is 0 Å². The summed E-state index contributed by atoms with van der Waals surface area (Å²) in [4.78, 5) is 1.60. The highest BCUT2D eigenvalue weighted by molar-refractivity contribution is 6.58. The number of hydrogen-bond acceptors (Lipinski definition) is 1. The Bertz CT molecular complexity index is 160. The van der Waals surface area contributed by atoms with Gasteiger partial charge in [-0.3, -0.25) is 0 Å². The molecule has 1 fully saturated rings. The van der Waals surface area contributed by atoms with Crippen molar-refractivity contribution in [3.05, 3.63) is 0 Å². The van der Waals surface area contributed by atoms with Crippen molar-refractivity contribution in [2.45, 2.75) is 38.6 Å². The van der Waals surface area contributed by atoms with E-state index in [4.69, 9.17) is 0 Å². The van der Waals surface area contributed by atoms with Gasteiger partial charge in [-0.2, -0.15) is 0 Å². The number of rotatable bonds is 3. The van der Waals surface area contributed by atoms with E-state index in [0.29, 0.717) is 6.54 Å². The largest absolute Gasteiger partial charge is 0.492 e. The van der Waals surface area contributed by atoms with Gasteiger partial charge in [0.05, 0.1) is 0 Å². The maximum Gasteiger partial charge on any atom is 0.492 e. The first-order chi connectivity index (χ1) is 6.03. The lowest BCUT2D eigenvalue weighted by molar-refractivity contribution is 0.154. The molecule has 5 heteroatoms. The number of piperidine rings is 1. The molecule has 1 nitrogen and oxygen atoms in total. The second-order valence-electron chi connectivity index (χ2n) is 3.76. The smallest absolute Gasteiger partial charge is 0.448 e. The van der Waals surface area contributed by atoms with Crippen LogP contribution < -0.4 is 0 Å². The average molecular weight is 194 g/mol. The van der Waals surface area contributed by atoms with E-state index in [1.165, 1.54) is 0 Å². The second kappa shape index (κ2) is 4.35. The molecule has 1 atom stereocenters. The number of nitrogens with zero attached hydrogens (tertiary/aromatic N) is 1. The third-order valence-corrected chi connectivity index (χ3v) is 2.66. The van der Waals surface area contributed by atoms with Crippen LogP contribution in [0.2, 0.25) is 0 Å². The average Bonchev–Trinajstić information content (AvgIpc) is 2.02. The number of halogens is 3. The molecule has 0 N–H and O–H groups in total. The summed E-state index contributed by atoms with van der Waals surface area (Å²) in [6.45, 7) is -2.05. The molecular formula is C8H16BF3N-. The lowest BCUT2D eigenvalue weighted by Gasteiger charge is -2.38. The van der Waals surface area contributed by atoms with E-state index in [-0.39, 0.29) is 6.04 Å². The lowest BCUT2D eigenvalue weighted by Crippen LogP contribution is -2.46. The normalized spacial score (nSPS) is 26.3. The minimum absolute atomic E-state index is 0.164. The van der Waals surface area contributed by atoms with Gasteiger partial charge in [-0.05, 0) is 32.3 Å². The molecule has 13 heavy (non-hydrogen) atoms. The molecule has 0 radical (unpaired) electrons. The molecule has 0 bridgehead atoms. The molecule has 1 unspecified atom stereocenters. The van der Waals surface area contributed by atoms with Gasteiger partial charge in [0.15, 0.2) is 0 Å². The van der Waals surface area contributed by atoms with Crippen molar-refractivity contribution in [1.82, 2.24) is 4.90 Å². The van der Waals surface area contributed by atoms with E-state index in [2.05, 4.69) is 0 Å². The first kappa shape index (κ1) is 10.9. The minimum Gasteiger partial charge on any atom is -0.448 e. The van der Waals surface area contributed by atoms with Crippen LogP contribution in [0.25, 0.3) is 0 Å². The molecule has 0 saturated carbocycles. The lowest BCUT2D eigenvalue weighted by atomic mass is 9.87. The predicted molar refractivity (Wildman–Crippen MR) is 48.6 cm³/mol. The summed E-state index contributed by atoms with van der Waals surface area (Å²) in [5, 5.41) is 0. The van der Waals surface area contributed by atoms with Gasteiger partial charge in [0, 0.05) is 6.04 Å². The zero-order chi connectivity index (χ0) is 9.90. The van der Waals surface area contributed by atoms with Gasteiger partial charge in [0.2, 0.25) is 0 Å². The van der Waals surface area contributed by atoms with Crippen molar-refractivity contribution in [2.75, 3.05) is 13.0 Å². The summed E-state index contributed by atoms with van der Waals surface area (Å²) in [5.41, 5.74) is 0. The highest BCUT2D eigenvalue weighted by Gasteiger charge is 2.30. The van der Waals surface area contributed by atoms with Crippen molar-refractivity contribution in [3.63, 3.8) is 0 Å². The molecule has 0 amide bonds. The summed E-state index contributed by atoms with van der Waals surface area (Å²) < 4.78 is 36.5. The Morgan fingerprint density at radius 1 is 1.31 bits per heavy atom. The molecule has 0 aromatic heterocycles. The molecule has 0 aliphatic carbocycles. The summed E-state index contributed by atoms with van der Waals surface area (Å²) in [6.07, 6.45) is 3.11. The molecule has 0 aromatic carbocycles. The number of likely N-dealkylation sites (tertiary alicyclic amines) is 1. The van der Waals surface area contributed by atoms with Crippen LogP contribution in [-0.4, -0.2) is 30.9 Å². The third kappa shape index (κ3) is 3.59. The van der Waals surface area contributed by atoms with E-state index in [1.807, 2.05) is 6.92 Å². The Labute approximate surface area is 77.4 Å². The van der Waals surface area contributed by atoms with Crippen molar-refractivity contribution in [3.8, 4) is 0 Å². The maximum atomic E-state index is 12.2. The Kier molecular flexibility index (Phi) is 3.65. The van der Waals surface area contributed by atoms with E-state index in [9.17, 15) is 12.9 Å². The van der Waals surface area contributed by atoms with E-state index < -0.39 is 13.4 Å². The van der Waals surface area contributed by atoms with Gasteiger partial charge in [-0.15, -0.1) is 0 Å². The van der Waals surface area contributed by atoms with Crippen LogP contribution in [0, 0.1) is 0 Å². The Morgan fingerprint density at radius 2 is 2.00 bits per heavy atom. The summed E-state index contributed by atoms with van der Waals surface area (Å²) >= 11 is 0. The fourth-order valence-electron chi connectivity index (χ4n) is 2.03. The second-order valence-corrected chi connectivity index (χ2v) is 3.76. The molecule has 1 rings (SSSR count). The van der Waals surface area contributed by atoms with E-state index in [0.717, 1.165) is 25.7 Å². The molecule has 0 spiro atoms.